The predicted octanol–water partition coefficient (Wildman–Crippen LogP) is 2.72. The van der Waals surface area contributed by atoms with Crippen LogP contribution in [0.3, 0.4) is 0 Å². The molecule has 1 aromatic heterocycles. The molecule has 0 unspecified atom stereocenters. The molecule has 1 heterocycles. The van der Waals surface area contributed by atoms with Gasteiger partial charge < -0.3 is 5.11 Å². The number of rotatable bonds is 2. The lowest BCUT2D eigenvalue weighted by Gasteiger charge is -1.91. The van der Waals surface area contributed by atoms with Crippen LogP contribution in [-0.4, -0.2) is 22.3 Å². The van der Waals surface area contributed by atoms with E-state index in [0.29, 0.717) is 5.56 Å². The second-order valence-corrected chi connectivity index (χ2v) is 4.76. The van der Waals surface area contributed by atoms with Crippen molar-refractivity contribution in [1.82, 2.24) is 4.98 Å². The van der Waals surface area contributed by atoms with Crippen molar-refractivity contribution in [1.29, 1.82) is 0 Å². The molecule has 0 spiro atoms. The number of hydrogen-bond acceptors (Lipinski definition) is 4. The van der Waals surface area contributed by atoms with Gasteiger partial charge in [0.2, 0.25) is 0 Å². The second kappa shape index (κ2) is 3.59. The third kappa shape index (κ3) is 1.60. The Morgan fingerprint density at radius 1 is 1.57 bits per heavy atom. The minimum Gasteiger partial charge on any atom is -0.478 e. The summed E-state index contributed by atoms with van der Waals surface area (Å²) in [5.41, 5.74) is 1.18. The van der Waals surface area contributed by atoms with E-state index in [1.807, 2.05) is 6.26 Å². The van der Waals surface area contributed by atoms with E-state index in [1.54, 1.807) is 30.0 Å². The topological polar surface area (TPSA) is 50.2 Å². The molecular weight excluding hydrogens is 218 g/mol. The van der Waals surface area contributed by atoms with Gasteiger partial charge in [0.25, 0.3) is 0 Å². The Hall–Kier alpha value is -1.07. The number of fused-ring (bicyclic) bond motifs is 1. The number of carboxylic acid groups (broad SMARTS) is 1. The Labute approximate surface area is 88.8 Å². The summed E-state index contributed by atoms with van der Waals surface area (Å²) in [4.78, 5) is 15.0. The standard InChI is InChI=1S/C9H7NO2S2/c1-13-9-10-6-3-2-5(8(11)12)4-7(6)14-9/h2-4H,1H3,(H,11,12). The number of thioether (sulfide) groups is 1. The Morgan fingerprint density at radius 2 is 2.36 bits per heavy atom. The van der Waals surface area contributed by atoms with Crippen molar-refractivity contribution >= 4 is 39.3 Å². The normalized spacial score (nSPS) is 10.6. The summed E-state index contributed by atoms with van der Waals surface area (Å²) >= 11 is 3.09. The first kappa shape index (κ1) is 9.48. The molecule has 14 heavy (non-hydrogen) atoms. The van der Waals surface area contributed by atoms with Gasteiger partial charge in [0.1, 0.15) is 0 Å². The highest BCUT2D eigenvalue weighted by Gasteiger charge is 2.07. The van der Waals surface area contributed by atoms with Crippen molar-refractivity contribution in [2.24, 2.45) is 0 Å². The largest absolute Gasteiger partial charge is 0.478 e. The second-order valence-electron chi connectivity index (χ2n) is 2.67. The minimum atomic E-state index is -0.897. The lowest BCUT2D eigenvalue weighted by Crippen LogP contribution is -1.94. The Balaban J connectivity index is 2.59. The highest BCUT2D eigenvalue weighted by atomic mass is 32.2. The molecule has 72 valence electrons. The fourth-order valence-electron chi connectivity index (χ4n) is 1.12. The van der Waals surface area contributed by atoms with Gasteiger partial charge >= 0.3 is 5.97 Å². The van der Waals surface area contributed by atoms with E-state index < -0.39 is 5.97 Å². The number of aromatic nitrogens is 1. The van der Waals surface area contributed by atoms with Crippen molar-refractivity contribution in [3.05, 3.63) is 23.8 Å². The highest BCUT2D eigenvalue weighted by molar-refractivity contribution is 8.00. The van der Waals surface area contributed by atoms with Crippen LogP contribution >= 0.6 is 23.1 Å². The number of aromatic carboxylic acids is 1. The van der Waals surface area contributed by atoms with E-state index in [2.05, 4.69) is 4.98 Å². The highest BCUT2D eigenvalue weighted by Crippen LogP contribution is 2.28. The molecule has 0 atom stereocenters. The van der Waals surface area contributed by atoms with Crippen molar-refractivity contribution in [3.63, 3.8) is 0 Å². The van der Waals surface area contributed by atoms with E-state index in [0.717, 1.165) is 14.6 Å². The average molecular weight is 225 g/mol. The quantitative estimate of drug-likeness (QED) is 0.798. The van der Waals surface area contributed by atoms with Crippen molar-refractivity contribution in [2.45, 2.75) is 4.34 Å². The van der Waals surface area contributed by atoms with Gasteiger partial charge in [-0.3, -0.25) is 0 Å². The maximum atomic E-state index is 10.7. The molecule has 3 nitrogen and oxygen atoms in total. The predicted molar refractivity (Wildman–Crippen MR) is 58.4 cm³/mol. The number of carboxylic acids is 1. The fourth-order valence-corrected chi connectivity index (χ4v) is 2.65. The molecule has 0 radical (unpaired) electrons. The molecule has 0 bridgehead atoms. The molecule has 0 amide bonds. The van der Waals surface area contributed by atoms with Crippen LogP contribution in [0.4, 0.5) is 0 Å². The van der Waals surface area contributed by atoms with Gasteiger partial charge in [-0.05, 0) is 24.5 Å². The lowest BCUT2D eigenvalue weighted by molar-refractivity contribution is 0.0697. The van der Waals surface area contributed by atoms with Crippen LogP contribution in [-0.2, 0) is 0 Å². The first-order valence-electron chi connectivity index (χ1n) is 3.88. The van der Waals surface area contributed by atoms with Crippen LogP contribution in [0.2, 0.25) is 0 Å². The van der Waals surface area contributed by atoms with E-state index in [9.17, 15) is 4.79 Å². The Morgan fingerprint density at radius 3 is 3.00 bits per heavy atom. The van der Waals surface area contributed by atoms with Gasteiger partial charge in [0, 0.05) is 0 Å². The molecular formula is C9H7NO2S2. The van der Waals surface area contributed by atoms with E-state index in [1.165, 1.54) is 11.3 Å². The first-order valence-corrected chi connectivity index (χ1v) is 5.92. The smallest absolute Gasteiger partial charge is 0.335 e. The molecule has 0 fully saturated rings. The Bertz CT molecular complexity index is 493. The van der Waals surface area contributed by atoms with E-state index in [-0.39, 0.29) is 0 Å². The number of benzene rings is 1. The zero-order valence-electron chi connectivity index (χ0n) is 7.35. The van der Waals surface area contributed by atoms with Crippen LogP contribution in [0.25, 0.3) is 10.2 Å². The van der Waals surface area contributed by atoms with Gasteiger partial charge in [0.15, 0.2) is 4.34 Å². The zero-order chi connectivity index (χ0) is 10.1. The average Bonchev–Trinajstić information content (AvgIpc) is 2.58. The Kier molecular flexibility index (Phi) is 2.43. The van der Waals surface area contributed by atoms with Crippen molar-refractivity contribution in [2.75, 3.05) is 6.26 Å². The molecule has 1 N–H and O–H groups in total. The monoisotopic (exact) mass is 225 g/mol. The summed E-state index contributed by atoms with van der Waals surface area (Å²) < 4.78 is 1.89. The van der Waals surface area contributed by atoms with Gasteiger partial charge in [0.05, 0.1) is 15.8 Å². The maximum absolute atomic E-state index is 10.7. The summed E-state index contributed by atoms with van der Waals surface area (Å²) in [5, 5.41) is 8.79. The van der Waals surface area contributed by atoms with Crippen LogP contribution in [0.1, 0.15) is 10.4 Å². The molecule has 0 aliphatic rings. The third-order valence-corrected chi connectivity index (χ3v) is 3.79. The molecule has 0 saturated carbocycles. The van der Waals surface area contributed by atoms with Crippen molar-refractivity contribution in [3.8, 4) is 0 Å². The molecule has 0 saturated heterocycles. The first-order chi connectivity index (χ1) is 6.70. The molecule has 0 aliphatic carbocycles. The summed E-state index contributed by atoms with van der Waals surface area (Å²) in [6.07, 6.45) is 1.95. The van der Waals surface area contributed by atoms with Gasteiger partial charge in [-0.1, -0.05) is 11.8 Å². The van der Waals surface area contributed by atoms with Gasteiger partial charge in [-0.15, -0.1) is 11.3 Å². The number of hydrogen-bond donors (Lipinski definition) is 1. The lowest BCUT2D eigenvalue weighted by atomic mass is 10.2. The summed E-state index contributed by atoms with van der Waals surface area (Å²) in [5.74, 6) is -0.897. The third-order valence-electron chi connectivity index (χ3n) is 1.79. The number of thiazole rings is 1. The van der Waals surface area contributed by atoms with Gasteiger partial charge in [-0.2, -0.15) is 0 Å². The summed E-state index contributed by atoms with van der Waals surface area (Å²) in [7, 11) is 0. The van der Waals surface area contributed by atoms with Gasteiger partial charge in [-0.25, -0.2) is 9.78 Å². The van der Waals surface area contributed by atoms with Crippen molar-refractivity contribution < 1.29 is 9.90 Å². The van der Waals surface area contributed by atoms with Crippen LogP contribution < -0.4 is 0 Å². The molecule has 0 aliphatic heterocycles. The number of carbonyl (C=O) groups is 1. The fraction of sp³-hybridized carbons (Fsp3) is 0.111. The number of nitrogens with zero attached hydrogens (tertiary/aromatic N) is 1. The summed E-state index contributed by atoms with van der Waals surface area (Å²) in [6.45, 7) is 0. The molecule has 5 heteroatoms. The minimum absolute atomic E-state index is 0.314. The molecule has 1 aromatic carbocycles. The maximum Gasteiger partial charge on any atom is 0.335 e. The molecule has 2 aromatic rings. The zero-order valence-corrected chi connectivity index (χ0v) is 8.98. The van der Waals surface area contributed by atoms with E-state index in [4.69, 9.17) is 5.11 Å². The van der Waals surface area contributed by atoms with Crippen LogP contribution in [0.15, 0.2) is 22.5 Å². The SMILES string of the molecule is CSc1nc2ccc(C(=O)O)cc2s1. The molecule has 2 rings (SSSR count). The summed E-state index contributed by atoms with van der Waals surface area (Å²) in [6, 6.07) is 4.98. The van der Waals surface area contributed by atoms with Crippen LogP contribution in [0.5, 0.6) is 0 Å². The van der Waals surface area contributed by atoms with E-state index >= 15 is 0 Å². The van der Waals surface area contributed by atoms with Crippen LogP contribution in [0, 0.1) is 0 Å².